The zero-order valence-corrected chi connectivity index (χ0v) is 6.23. The lowest BCUT2D eigenvalue weighted by Gasteiger charge is -2.00. The zero-order valence-electron chi connectivity index (χ0n) is 6.23. The number of aryl methyl sites for hydroxylation is 1. The quantitative estimate of drug-likeness (QED) is 0.642. The van der Waals surface area contributed by atoms with Gasteiger partial charge in [0.2, 0.25) is 0 Å². The molecule has 0 spiro atoms. The Kier molecular flexibility index (Phi) is 2.80. The number of rotatable bonds is 3. The SMILES string of the molecule is NCCCn1ccncc1=O. The van der Waals surface area contributed by atoms with Crippen LogP contribution >= 0.6 is 0 Å². The maximum Gasteiger partial charge on any atom is 0.268 e. The van der Waals surface area contributed by atoms with E-state index in [4.69, 9.17) is 5.73 Å². The first-order valence-electron chi connectivity index (χ1n) is 3.55. The van der Waals surface area contributed by atoms with Crippen LogP contribution in [0.1, 0.15) is 6.42 Å². The fourth-order valence-electron chi connectivity index (χ4n) is 0.820. The first-order chi connectivity index (χ1) is 5.34. The van der Waals surface area contributed by atoms with Crippen LogP contribution in [-0.4, -0.2) is 16.1 Å². The molecule has 0 aliphatic heterocycles. The topological polar surface area (TPSA) is 60.9 Å². The first kappa shape index (κ1) is 7.94. The third-order valence-electron chi connectivity index (χ3n) is 1.40. The maximum atomic E-state index is 11.0. The molecule has 0 atom stereocenters. The Morgan fingerprint density at radius 2 is 2.45 bits per heavy atom. The molecule has 1 heterocycles. The molecule has 1 rings (SSSR count). The standard InChI is InChI=1S/C7H11N3O/c8-2-1-4-10-5-3-9-6-7(10)11/h3,5-6H,1-2,4,8H2. The largest absolute Gasteiger partial charge is 0.330 e. The van der Waals surface area contributed by atoms with Crippen molar-refractivity contribution in [1.29, 1.82) is 0 Å². The van der Waals surface area contributed by atoms with Crippen LogP contribution in [0.15, 0.2) is 23.4 Å². The lowest BCUT2D eigenvalue weighted by molar-refractivity contribution is 0.625. The van der Waals surface area contributed by atoms with Crippen molar-refractivity contribution in [2.45, 2.75) is 13.0 Å². The van der Waals surface area contributed by atoms with E-state index in [0.717, 1.165) is 6.42 Å². The molecule has 0 aromatic carbocycles. The molecule has 4 heteroatoms. The summed E-state index contributed by atoms with van der Waals surface area (Å²) in [4.78, 5) is 14.7. The monoisotopic (exact) mass is 153 g/mol. The van der Waals surface area contributed by atoms with Crippen LogP contribution < -0.4 is 11.3 Å². The van der Waals surface area contributed by atoms with Gasteiger partial charge in [0.1, 0.15) is 0 Å². The molecule has 0 radical (unpaired) electrons. The van der Waals surface area contributed by atoms with Gasteiger partial charge in [-0.2, -0.15) is 0 Å². The summed E-state index contributed by atoms with van der Waals surface area (Å²) in [5.41, 5.74) is 5.23. The number of nitrogens with two attached hydrogens (primary N) is 1. The number of hydrogen-bond acceptors (Lipinski definition) is 3. The van der Waals surface area contributed by atoms with Gasteiger partial charge in [0.05, 0.1) is 6.20 Å². The highest BCUT2D eigenvalue weighted by molar-refractivity contribution is 4.79. The molecule has 1 aromatic heterocycles. The number of nitrogens with zero attached hydrogens (tertiary/aromatic N) is 2. The fraction of sp³-hybridized carbons (Fsp3) is 0.429. The summed E-state index contributed by atoms with van der Waals surface area (Å²) in [6.07, 6.45) is 5.39. The first-order valence-corrected chi connectivity index (χ1v) is 3.55. The summed E-state index contributed by atoms with van der Waals surface area (Å²) in [5, 5.41) is 0. The molecule has 0 fully saturated rings. The number of aromatic nitrogens is 2. The highest BCUT2D eigenvalue weighted by atomic mass is 16.1. The Morgan fingerprint density at radius 1 is 1.64 bits per heavy atom. The van der Waals surface area contributed by atoms with Crippen LogP contribution in [0.2, 0.25) is 0 Å². The highest BCUT2D eigenvalue weighted by Gasteiger charge is 1.91. The zero-order chi connectivity index (χ0) is 8.10. The number of hydrogen-bond donors (Lipinski definition) is 1. The molecular formula is C7H11N3O. The van der Waals surface area contributed by atoms with Gasteiger partial charge in [0.15, 0.2) is 0 Å². The molecule has 60 valence electrons. The molecule has 0 saturated carbocycles. The molecule has 2 N–H and O–H groups in total. The minimum Gasteiger partial charge on any atom is -0.330 e. The molecule has 0 unspecified atom stereocenters. The van der Waals surface area contributed by atoms with Gasteiger partial charge in [-0.15, -0.1) is 0 Å². The fourth-order valence-corrected chi connectivity index (χ4v) is 0.820. The Bertz CT molecular complexity index is 268. The van der Waals surface area contributed by atoms with Crippen LogP contribution in [0.5, 0.6) is 0 Å². The van der Waals surface area contributed by atoms with Crippen LogP contribution in [0.25, 0.3) is 0 Å². The van der Waals surface area contributed by atoms with E-state index in [9.17, 15) is 4.79 Å². The molecule has 0 amide bonds. The van der Waals surface area contributed by atoms with E-state index < -0.39 is 0 Å². The van der Waals surface area contributed by atoms with Gasteiger partial charge in [-0.25, -0.2) is 0 Å². The van der Waals surface area contributed by atoms with E-state index >= 15 is 0 Å². The van der Waals surface area contributed by atoms with Crippen molar-refractivity contribution in [1.82, 2.24) is 9.55 Å². The molecular weight excluding hydrogens is 142 g/mol. The van der Waals surface area contributed by atoms with Gasteiger partial charge in [0.25, 0.3) is 5.56 Å². The Hall–Kier alpha value is -1.16. The summed E-state index contributed by atoms with van der Waals surface area (Å²) in [6, 6.07) is 0. The third-order valence-corrected chi connectivity index (χ3v) is 1.40. The van der Waals surface area contributed by atoms with E-state index in [1.54, 1.807) is 17.0 Å². The van der Waals surface area contributed by atoms with Crippen LogP contribution in [0.4, 0.5) is 0 Å². The van der Waals surface area contributed by atoms with Crippen molar-refractivity contribution >= 4 is 0 Å². The van der Waals surface area contributed by atoms with Crippen LogP contribution in [0, 0.1) is 0 Å². The molecule has 11 heavy (non-hydrogen) atoms. The van der Waals surface area contributed by atoms with E-state index in [1.807, 2.05) is 0 Å². The van der Waals surface area contributed by atoms with Gasteiger partial charge in [-0.05, 0) is 13.0 Å². The average Bonchev–Trinajstić information content (AvgIpc) is 2.03. The molecule has 0 bridgehead atoms. The van der Waals surface area contributed by atoms with Crippen molar-refractivity contribution in [3.05, 3.63) is 28.9 Å². The molecule has 0 saturated heterocycles. The second kappa shape index (κ2) is 3.88. The van der Waals surface area contributed by atoms with Gasteiger partial charge in [-0.1, -0.05) is 0 Å². The van der Waals surface area contributed by atoms with Gasteiger partial charge in [0, 0.05) is 18.9 Å². The minimum absolute atomic E-state index is 0.0686. The van der Waals surface area contributed by atoms with Crippen LogP contribution in [0.3, 0.4) is 0 Å². The minimum atomic E-state index is -0.0686. The maximum absolute atomic E-state index is 11.0. The van der Waals surface area contributed by atoms with E-state index in [0.29, 0.717) is 13.1 Å². The second-order valence-corrected chi connectivity index (χ2v) is 2.25. The summed E-state index contributed by atoms with van der Waals surface area (Å²) in [7, 11) is 0. The Labute approximate surface area is 64.7 Å². The van der Waals surface area contributed by atoms with Crippen molar-refractivity contribution in [3.63, 3.8) is 0 Å². The van der Waals surface area contributed by atoms with Crippen LogP contribution in [-0.2, 0) is 6.54 Å². The molecule has 0 aliphatic carbocycles. The predicted octanol–water partition coefficient (Wildman–Crippen LogP) is -0.408. The van der Waals surface area contributed by atoms with Crippen molar-refractivity contribution in [2.24, 2.45) is 5.73 Å². The van der Waals surface area contributed by atoms with Gasteiger partial charge in [-0.3, -0.25) is 9.78 Å². The van der Waals surface area contributed by atoms with Crippen molar-refractivity contribution < 1.29 is 0 Å². The molecule has 1 aromatic rings. The average molecular weight is 153 g/mol. The van der Waals surface area contributed by atoms with Crippen molar-refractivity contribution in [3.8, 4) is 0 Å². The third kappa shape index (κ3) is 2.16. The molecule has 0 aliphatic rings. The van der Waals surface area contributed by atoms with Gasteiger partial charge >= 0.3 is 0 Å². The Balaban J connectivity index is 2.70. The second-order valence-electron chi connectivity index (χ2n) is 2.25. The summed E-state index contributed by atoms with van der Waals surface area (Å²) >= 11 is 0. The summed E-state index contributed by atoms with van der Waals surface area (Å²) < 4.78 is 1.60. The normalized spacial score (nSPS) is 9.91. The molecule has 4 nitrogen and oxygen atoms in total. The Morgan fingerprint density at radius 3 is 3.09 bits per heavy atom. The van der Waals surface area contributed by atoms with Gasteiger partial charge < -0.3 is 10.3 Å². The van der Waals surface area contributed by atoms with E-state index in [1.165, 1.54) is 6.20 Å². The predicted molar refractivity (Wildman–Crippen MR) is 42.2 cm³/mol. The summed E-state index contributed by atoms with van der Waals surface area (Å²) in [6.45, 7) is 1.28. The summed E-state index contributed by atoms with van der Waals surface area (Å²) in [5.74, 6) is 0. The highest BCUT2D eigenvalue weighted by Crippen LogP contribution is 1.82. The smallest absolute Gasteiger partial charge is 0.268 e. The lowest BCUT2D eigenvalue weighted by atomic mass is 10.4. The van der Waals surface area contributed by atoms with E-state index in [-0.39, 0.29) is 5.56 Å². The van der Waals surface area contributed by atoms with E-state index in [2.05, 4.69) is 4.98 Å². The lowest BCUT2D eigenvalue weighted by Crippen LogP contribution is -2.20. The van der Waals surface area contributed by atoms with Crippen molar-refractivity contribution in [2.75, 3.05) is 6.54 Å².